The molecule has 1 heterocycles. The second kappa shape index (κ2) is 30.7. The number of hydrogen-bond donors (Lipinski definition) is 1. The van der Waals surface area contributed by atoms with E-state index in [0.29, 0.717) is 0 Å². The topological polar surface area (TPSA) is 4.44 Å². The Labute approximate surface area is 248 Å². The zero-order chi connectivity index (χ0) is 27.9. The molecule has 0 aromatic heterocycles. The summed E-state index contributed by atoms with van der Waals surface area (Å²) < 4.78 is 0. The van der Waals surface area contributed by atoms with Crippen LogP contribution in [-0.2, 0) is 0 Å². The second-order valence-electron chi connectivity index (χ2n) is 13.4. The lowest BCUT2D eigenvalue weighted by molar-refractivity contribution is -0.906. The zero-order valence-electron chi connectivity index (χ0n) is 27.6. The normalized spacial score (nSPS) is 17.9. The van der Waals surface area contributed by atoms with Gasteiger partial charge in [-0.05, 0) is 57.3 Å². The Kier molecular flexibility index (Phi) is 28.9. The molecule has 0 aromatic rings. The summed E-state index contributed by atoms with van der Waals surface area (Å²) in [6.45, 7) is 8.99. The van der Waals surface area contributed by atoms with Crippen molar-refractivity contribution in [3.8, 4) is 0 Å². The predicted molar refractivity (Wildman–Crippen MR) is 178 cm³/mol. The summed E-state index contributed by atoms with van der Waals surface area (Å²) in [7, 11) is 0. The summed E-state index contributed by atoms with van der Waals surface area (Å²) in [6.07, 6.45) is 48.5. The van der Waals surface area contributed by atoms with Gasteiger partial charge in [0.2, 0.25) is 0 Å². The first kappa shape index (κ1) is 36.7. The van der Waals surface area contributed by atoms with Crippen molar-refractivity contribution in [2.45, 2.75) is 206 Å². The molecule has 0 atom stereocenters. The molecule has 1 N–H and O–H groups in total. The number of piperidine rings is 1. The highest BCUT2D eigenvalue weighted by Crippen LogP contribution is 2.19. The van der Waals surface area contributed by atoms with Crippen molar-refractivity contribution in [2.75, 3.05) is 19.6 Å². The van der Waals surface area contributed by atoms with Gasteiger partial charge in [-0.3, -0.25) is 0 Å². The number of hydrogen-bond acceptors (Lipinski definition) is 0. The van der Waals surface area contributed by atoms with E-state index in [2.05, 4.69) is 26.0 Å². The lowest BCUT2D eigenvalue weighted by Crippen LogP contribution is -3.13. The minimum Gasteiger partial charge on any atom is -0.335 e. The van der Waals surface area contributed by atoms with Crippen LogP contribution in [-0.4, -0.2) is 19.6 Å². The van der Waals surface area contributed by atoms with Gasteiger partial charge in [0.05, 0.1) is 19.6 Å². The molecule has 1 aliphatic rings. The number of rotatable bonds is 30. The van der Waals surface area contributed by atoms with Crippen LogP contribution in [0, 0.1) is 5.92 Å². The SMILES string of the molecule is CCCCCCCC/C=C\CCCCCCCC[NH+]1CCC(CCCCCCCCCCCCCCC)CC1. The van der Waals surface area contributed by atoms with Gasteiger partial charge in [-0.2, -0.15) is 0 Å². The molecule has 1 rings (SSSR count). The van der Waals surface area contributed by atoms with Crippen LogP contribution < -0.4 is 4.90 Å². The van der Waals surface area contributed by atoms with Gasteiger partial charge in [-0.15, -0.1) is 0 Å². The van der Waals surface area contributed by atoms with Gasteiger partial charge < -0.3 is 4.90 Å². The van der Waals surface area contributed by atoms with Crippen LogP contribution in [0.1, 0.15) is 206 Å². The number of likely N-dealkylation sites (tertiary alicyclic amines) is 1. The fraction of sp³-hybridized carbons (Fsp3) is 0.947. The first-order valence-electron chi connectivity index (χ1n) is 18.8. The maximum absolute atomic E-state index is 2.46. The minimum absolute atomic E-state index is 1.06. The summed E-state index contributed by atoms with van der Waals surface area (Å²) in [4.78, 5) is 1.92. The van der Waals surface area contributed by atoms with E-state index >= 15 is 0 Å². The second-order valence-corrected chi connectivity index (χ2v) is 13.4. The molecule has 0 bridgehead atoms. The Morgan fingerprint density at radius 1 is 0.436 bits per heavy atom. The molecule has 232 valence electrons. The van der Waals surface area contributed by atoms with Crippen LogP contribution in [0.5, 0.6) is 0 Å². The van der Waals surface area contributed by atoms with Crippen molar-refractivity contribution in [1.82, 2.24) is 0 Å². The molecule has 1 heteroatoms. The van der Waals surface area contributed by atoms with Crippen molar-refractivity contribution in [3.63, 3.8) is 0 Å². The van der Waals surface area contributed by atoms with E-state index in [0.717, 1.165) is 5.92 Å². The van der Waals surface area contributed by atoms with Crippen molar-refractivity contribution >= 4 is 0 Å². The summed E-state index contributed by atoms with van der Waals surface area (Å²) in [6, 6.07) is 0. The van der Waals surface area contributed by atoms with Crippen molar-refractivity contribution < 1.29 is 4.90 Å². The number of nitrogens with one attached hydrogen (secondary N) is 1. The van der Waals surface area contributed by atoms with Crippen LogP contribution in [0.2, 0.25) is 0 Å². The molecule has 0 amide bonds. The van der Waals surface area contributed by atoms with Crippen LogP contribution in [0.4, 0.5) is 0 Å². The first-order valence-corrected chi connectivity index (χ1v) is 18.8. The van der Waals surface area contributed by atoms with Gasteiger partial charge in [0.15, 0.2) is 0 Å². The highest BCUT2D eigenvalue weighted by molar-refractivity contribution is 4.81. The molecule has 0 aromatic carbocycles. The minimum atomic E-state index is 1.06. The molecule has 1 aliphatic heterocycles. The molecule has 0 spiro atoms. The highest BCUT2D eigenvalue weighted by Gasteiger charge is 2.21. The Morgan fingerprint density at radius 2 is 0.795 bits per heavy atom. The molecule has 0 aliphatic carbocycles. The third-order valence-corrected chi connectivity index (χ3v) is 9.57. The summed E-state index contributed by atoms with van der Waals surface area (Å²) in [5.74, 6) is 1.06. The van der Waals surface area contributed by atoms with Gasteiger partial charge >= 0.3 is 0 Å². The Bertz CT molecular complexity index is 475. The van der Waals surface area contributed by atoms with Crippen molar-refractivity contribution in [3.05, 3.63) is 12.2 Å². The highest BCUT2D eigenvalue weighted by atomic mass is 15.1. The van der Waals surface area contributed by atoms with Gasteiger partial charge in [0, 0.05) is 0 Å². The van der Waals surface area contributed by atoms with E-state index < -0.39 is 0 Å². The number of unbranched alkanes of at least 4 members (excludes halogenated alkanes) is 24. The Morgan fingerprint density at radius 3 is 1.23 bits per heavy atom. The van der Waals surface area contributed by atoms with Crippen LogP contribution >= 0.6 is 0 Å². The monoisotopic (exact) mass is 547 g/mol. The van der Waals surface area contributed by atoms with E-state index in [1.165, 1.54) is 212 Å². The van der Waals surface area contributed by atoms with Crippen molar-refractivity contribution in [1.29, 1.82) is 0 Å². The van der Waals surface area contributed by atoms with E-state index in [-0.39, 0.29) is 0 Å². The first-order chi connectivity index (χ1) is 19.4. The molecule has 0 radical (unpaired) electrons. The average molecular weight is 547 g/mol. The fourth-order valence-electron chi connectivity index (χ4n) is 6.70. The quantitative estimate of drug-likeness (QED) is 0.0675. The lowest BCUT2D eigenvalue weighted by Gasteiger charge is -2.29. The zero-order valence-corrected chi connectivity index (χ0v) is 27.6. The maximum Gasteiger partial charge on any atom is 0.0773 e. The third kappa shape index (κ3) is 26.4. The number of allylic oxidation sites excluding steroid dienone is 2. The van der Waals surface area contributed by atoms with Gasteiger partial charge in [-0.25, -0.2) is 0 Å². The van der Waals surface area contributed by atoms with E-state index in [9.17, 15) is 0 Å². The molecule has 1 nitrogen and oxygen atoms in total. The van der Waals surface area contributed by atoms with Gasteiger partial charge in [0.25, 0.3) is 0 Å². The fourth-order valence-corrected chi connectivity index (χ4v) is 6.70. The number of quaternary nitrogens is 1. The Balaban J connectivity index is 1.76. The van der Waals surface area contributed by atoms with Gasteiger partial charge in [-0.1, -0.05) is 167 Å². The summed E-state index contributed by atoms with van der Waals surface area (Å²) in [5.41, 5.74) is 0. The summed E-state index contributed by atoms with van der Waals surface area (Å²) in [5, 5.41) is 0. The molecule has 0 saturated carbocycles. The van der Waals surface area contributed by atoms with Gasteiger partial charge in [0.1, 0.15) is 0 Å². The standard InChI is InChI=1S/C38H75N/c1-3-5-7-9-11-13-15-17-18-19-21-23-25-27-29-31-35-39-36-33-38(34-37-39)32-30-28-26-24-22-20-16-14-12-10-8-6-4-2/h17-18,38H,3-16,19-37H2,1-2H3/p+1/b18-17-. The third-order valence-electron chi connectivity index (χ3n) is 9.57. The van der Waals surface area contributed by atoms with Crippen LogP contribution in [0.15, 0.2) is 12.2 Å². The molecule has 1 saturated heterocycles. The smallest absolute Gasteiger partial charge is 0.0773 e. The largest absolute Gasteiger partial charge is 0.335 e. The Hall–Kier alpha value is -0.300. The average Bonchev–Trinajstić information content (AvgIpc) is 2.96. The van der Waals surface area contributed by atoms with E-state index in [4.69, 9.17) is 0 Å². The van der Waals surface area contributed by atoms with Crippen LogP contribution in [0.3, 0.4) is 0 Å². The molecular weight excluding hydrogens is 470 g/mol. The van der Waals surface area contributed by atoms with Crippen LogP contribution in [0.25, 0.3) is 0 Å². The van der Waals surface area contributed by atoms with E-state index in [1.807, 2.05) is 4.90 Å². The maximum atomic E-state index is 2.46. The predicted octanol–water partition coefficient (Wildman–Crippen LogP) is 11.8. The summed E-state index contributed by atoms with van der Waals surface area (Å²) >= 11 is 0. The van der Waals surface area contributed by atoms with Crippen molar-refractivity contribution in [2.24, 2.45) is 5.92 Å². The molecule has 1 fully saturated rings. The lowest BCUT2D eigenvalue weighted by atomic mass is 9.91. The molecule has 0 unspecified atom stereocenters. The molecular formula is C38H76N+. The van der Waals surface area contributed by atoms with E-state index in [1.54, 1.807) is 0 Å². The molecule has 39 heavy (non-hydrogen) atoms.